The van der Waals surface area contributed by atoms with Crippen molar-refractivity contribution < 1.29 is 19.1 Å². The minimum absolute atomic E-state index is 0.123. The summed E-state index contributed by atoms with van der Waals surface area (Å²) in [4.78, 5) is 28.4. The van der Waals surface area contributed by atoms with Crippen molar-refractivity contribution in [2.45, 2.75) is 31.8 Å². The van der Waals surface area contributed by atoms with Crippen molar-refractivity contribution in [2.24, 2.45) is 0 Å². The summed E-state index contributed by atoms with van der Waals surface area (Å²) in [6, 6.07) is 13.9. The number of carbonyl (C=O) groups excluding carboxylic acids is 2. The molecule has 0 aliphatic carbocycles. The molecule has 1 atom stereocenters. The summed E-state index contributed by atoms with van der Waals surface area (Å²) in [5, 5.41) is 7.52. The van der Waals surface area contributed by atoms with Gasteiger partial charge in [0, 0.05) is 36.1 Å². The molecule has 3 aromatic rings. The molecule has 2 amide bonds. The highest BCUT2D eigenvalue weighted by Gasteiger charge is 2.31. The van der Waals surface area contributed by atoms with Crippen molar-refractivity contribution in [1.82, 2.24) is 20.0 Å². The van der Waals surface area contributed by atoms with Crippen LogP contribution in [-0.2, 0) is 11.3 Å². The molecule has 8 nitrogen and oxygen atoms in total. The van der Waals surface area contributed by atoms with Gasteiger partial charge in [-0.2, -0.15) is 5.10 Å². The molecule has 0 unspecified atom stereocenters. The summed E-state index contributed by atoms with van der Waals surface area (Å²) in [7, 11) is 1.55. The third kappa shape index (κ3) is 6.07. The Labute approximate surface area is 215 Å². The highest BCUT2D eigenvalue weighted by molar-refractivity contribution is 6.29. The minimum atomic E-state index is -0.583. The van der Waals surface area contributed by atoms with Crippen molar-refractivity contribution in [3.8, 4) is 17.2 Å². The summed E-state index contributed by atoms with van der Waals surface area (Å²) >= 11 is 5.87. The van der Waals surface area contributed by atoms with Crippen molar-refractivity contribution >= 4 is 23.4 Å². The van der Waals surface area contributed by atoms with Crippen LogP contribution in [0.15, 0.2) is 72.5 Å². The first-order valence-electron chi connectivity index (χ1n) is 11.8. The molecule has 36 heavy (non-hydrogen) atoms. The van der Waals surface area contributed by atoms with E-state index in [0.29, 0.717) is 35.1 Å². The lowest BCUT2D eigenvalue weighted by molar-refractivity contribution is -0.125. The van der Waals surface area contributed by atoms with Gasteiger partial charge in [-0.25, -0.2) is 4.68 Å². The molecule has 0 radical (unpaired) electrons. The molecular formula is C27H29ClN4O4. The number of halogens is 1. The Hall–Kier alpha value is -3.78. The van der Waals surface area contributed by atoms with Gasteiger partial charge in [0.05, 0.1) is 12.8 Å². The minimum Gasteiger partial charge on any atom is -0.493 e. The van der Waals surface area contributed by atoms with Gasteiger partial charge in [-0.3, -0.25) is 9.59 Å². The Morgan fingerprint density at radius 3 is 2.72 bits per heavy atom. The van der Waals surface area contributed by atoms with Crippen LogP contribution in [0.1, 0.15) is 35.2 Å². The summed E-state index contributed by atoms with van der Waals surface area (Å²) < 4.78 is 12.9. The average Bonchev–Trinajstić information content (AvgIpc) is 3.35. The molecule has 1 saturated heterocycles. The maximum absolute atomic E-state index is 13.8. The van der Waals surface area contributed by atoms with E-state index in [2.05, 4.69) is 17.0 Å². The lowest BCUT2D eigenvalue weighted by Crippen LogP contribution is -2.48. The standard InChI is InChI=1S/C27H29ClN4O4/c1-19(28)18-36-25-16-20(7-12-24(25)35-2)17-31(23-6-3-4-13-29-26(23)33)27(34)21-8-10-22(11-9-21)32-15-5-14-30-32/h5,7-12,14-16,23H,1,3-4,6,13,17-18H2,2H3,(H,29,33)/t23-/m0/s1. The zero-order valence-corrected chi connectivity index (χ0v) is 20.9. The van der Waals surface area contributed by atoms with Gasteiger partial charge in [0.2, 0.25) is 5.91 Å². The number of amides is 2. The van der Waals surface area contributed by atoms with Crippen molar-refractivity contribution in [3.05, 3.63) is 83.7 Å². The molecule has 1 aliphatic rings. The second-order valence-corrected chi connectivity index (χ2v) is 9.06. The molecule has 0 saturated carbocycles. The molecule has 0 bridgehead atoms. The lowest BCUT2D eigenvalue weighted by Gasteiger charge is -2.30. The maximum atomic E-state index is 13.8. The summed E-state index contributed by atoms with van der Waals surface area (Å²) in [6.45, 7) is 4.61. The topological polar surface area (TPSA) is 85.7 Å². The number of carbonyl (C=O) groups is 2. The fourth-order valence-electron chi connectivity index (χ4n) is 4.17. The quantitative estimate of drug-likeness (QED) is 0.465. The average molecular weight is 509 g/mol. The summed E-state index contributed by atoms with van der Waals surface area (Å²) in [6.07, 6.45) is 5.85. The van der Waals surface area contributed by atoms with Crippen LogP contribution in [0.3, 0.4) is 0 Å². The van der Waals surface area contributed by atoms with E-state index in [9.17, 15) is 9.59 Å². The van der Waals surface area contributed by atoms with E-state index in [0.717, 1.165) is 24.1 Å². The molecule has 2 aromatic carbocycles. The molecule has 2 heterocycles. The number of ether oxygens (including phenoxy) is 2. The van der Waals surface area contributed by atoms with Crippen LogP contribution in [0.5, 0.6) is 11.5 Å². The number of hydrogen-bond donors (Lipinski definition) is 1. The highest BCUT2D eigenvalue weighted by atomic mass is 35.5. The third-order valence-electron chi connectivity index (χ3n) is 5.99. The summed E-state index contributed by atoms with van der Waals surface area (Å²) in [5.41, 5.74) is 2.13. The number of benzene rings is 2. The van der Waals surface area contributed by atoms with Crippen LogP contribution in [0.2, 0.25) is 0 Å². The Balaban J connectivity index is 1.64. The van der Waals surface area contributed by atoms with E-state index < -0.39 is 6.04 Å². The molecule has 1 aliphatic heterocycles. The molecule has 1 aromatic heterocycles. The van der Waals surface area contributed by atoms with Gasteiger partial charge in [-0.1, -0.05) is 24.2 Å². The zero-order chi connectivity index (χ0) is 25.5. The van der Waals surface area contributed by atoms with Crippen LogP contribution >= 0.6 is 11.6 Å². The molecular weight excluding hydrogens is 480 g/mol. The van der Waals surface area contributed by atoms with Gasteiger partial charge in [0.1, 0.15) is 12.6 Å². The van der Waals surface area contributed by atoms with Gasteiger partial charge in [-0.15, -0.1) is 0 Å². The van der Waals surface area contributed by atoms with Crippen LogP contribution in [0, 0.1) is 0 Å². The zero-order valence-electron chi connectivity index (χ0n) is 20.2. The SMILES string of the molecule is C=C(Cl)COc1cc(CN(C(=O)c2ccc(-n3cccn3)cc2)[C@H]2CCCCNC2=O)ccc1OC. The lowest BCUT2D eigenvalue weighted by atomic mass is 10.0. The second-order valence-electron chi connectivity index (χ2n) is 8.52. The highest BCUT2D eigenvalue weighted by Crippen LogP contribution is 2.30. The predicted octanol–water partition coefficient (Wildman–Crippen LogP) is 4.32. The molecule has 9 heteroatoms. The molecule has 0 spiro atoms. The van der Waals surface area contributed by atoms with Crippen LogP contribution < -0.4 is 14.8 Å². The maximum Gasteiger partial charge on any atom is 0.254 e. The largest absolute Gasteiger partial charge is 0.493 e. The first-order valence-corrected chi connectivity index (χ1v) is 12.2. The summed E-state index contributed by atoms with van der Waals surface area (Å²) in [5.74, 6) is 0.656. The Kier molecular flexibility index (Phi) is 8.28. The number of nitrogens with zero attached hydrogens (tertiary/aromatic N) is 3. The van der Waals surface area contributed by atoms with Gasteiger partial charge < -0.3 is 19.7 Å². The van der Waals surface area contributed by atoms with Crippen molar-refractivity contribution in [1.29, 1.82) is 0 Å². The van der Waals surface area contributed by atoms with Gasteiger partial charge in [-0.05, 0) is 67.3 Å². The van der Waals surface area contributed by atoms with Crippen LogP contribution in [0.4, 0.5) is 0 Å². The molecule has 1 N–H and O–H groups in total. The Morgan fingerprint density at radius 2 is 2.03 bits per heavy atom. The van der Waals surface area contributed by atoms with E-state index in [4.69, 9.17) is 21.1 Å². The fraction of sp³-hybridized carbons (Fsp3) is 0.296. The van der Waals surface area contributed by atoms with E-state index in [1.807, 2.05) is 30.5 Å². The Bertz CT molecular complexity index is 1210. The number of aromatic nitrogens is 2. The number of methoxy groups -OCH3 is 1. The molecule has 1 fully saturated rings. The number of rotatable bonds is 9. The van der Waals surface area contributed by atoms with Crippen molar-refractivity contribution in [3.63, 3.8) is 0 Å². The smallest absolute Gasteiger partial charge is 0.254 e. The second kappa shape index (κ2) is 11.8. The monoisotopic (exact) mass is 508 g/mol. The van der Waals surface area contributed by atoms with Gasteiger partial charge in [0.25, 0.3) is 5.91 Å². The van der Waals surface area contributed by atoms with Crippen LogP contribution in [-0.4, -0.2) is 52.8 Å². The van der Waals surface area contributed by atoms with E-state index in [1.165, 1.54) is 0 Å². The van der Waals surface area contributed by atoms with Gasteiger partial charge in [0.15, 0.2) is 11.5 Å². The van der Waals surface area contributed by atoms with Gasteiger partial charge >= 0.3 is 0 Å². The van der Waals surface area contributed by atoms with E-state index in [1.54, 1.807) is 47.2 Å². The first-order chi connectivity index (χ1) is 17.5. The van der Waals surface area contributed by atoms with E-state index >= 15 is 0 Å². The number of nitrogens with one attached hydrogen (secondary N) is 1. The Morgan fingerprint density at radius 1 is 1.22 bits per heavy atom. The first kappa shape index (κ1) is 25.3. The molecule has 4 rings (SSSR count). The number of hydrogen-bond acceptors (Lipinski definition) is 5. The van der Waals surface area contributed by atoms with E-state index in [-0.39, 0.29) is 25.0 Å². The normalized spacial score (nSPS) is 15.5. The predicted molar refractivity (Wildman–Crippen MR) is 138 cm³/mol. The third-order valence-corrected chi connectivity index (χ3v) is 6.10. The molecule has 188 valence electrons. The van der Waals surface area contributed by atoms with Crippen molar-refractivity contribution in [2.75, 3.05) is 20.3 Å². The van der Waals surface area contributed by atoms with Crippen LogP contribution in [0.25, 0.3) is 5.69 Å². The fourth-order valence-corrected chi connectivity index (χ4v) is 4.23.